The average Bonchev–Trinajstić information content (AvgIpc) is 2.82. The molecule has 9 heteroatoms. The smallest absolute Gasteiger partial charge is 0.274 e. The molecule has 2 aromatic carbocycles. The van der Waals surface area contributed by atoms with Crippen molar-refractivity contribution in [2.24, 2.45) is 11.7 Å². The number of nitrogens with one attached hydrogen (secondary N) is 1. The van der Waals surface area contributed by atoms with Crippen LogP contribution in [-0.4, -0.2) is 55.4 Å². The Balaban J connectivity index is 1.45. The zero-order chi connectivity index (χ0) is 23.0. The van der Waals surface area contributed by atoms with Gasteiger partial charge in [-0.3, -0.25) is 14.5 Å². The summed E-state index contributed by atoms with van der Waals surface area (Å²) >= 11 is 6.78. The fourth-order valence-electron chi connectivity index (χ4n) is 3.73. The van der Waals surface area contributed by atoms with E-state index in [2.05, 4.69) is 5.48 Å². The lowest BCUT2D eigenvalue weighted by Crippen LogP contribution is -2.64. The van der Waals surface area contributed by atoms with Crippen molar-refractivity contribution in [2.45, 2.75) is 24.1 Å². The maximum atomic E-state index is 13.0. The molecule has 2 aromatic rings. The van der Waals surface area contributed by atoms with Crippen LogP contribution in [0, 0.1) is 11.7 Å². The number of nitrogens with two attached hydrogens (primary N) is 1. The van der Waals surface area contributed by atoms with Crippen LogP contribution in [0.1, 0.15) is 23.2 Å². The fourth-order valence-corrected chi connectivity index (χ4v) is 4.04. The minimum Gasteiger partial charge on any atom is -0.494 e. The van der Waals surface area contributed by atoms with Gasteiger partial charge in [0.2, 0.25) is 0 Å². The maximum absolute atomic E-state index is 13.0. The lowest BCUT2D eigenvalue weighted by Gasteiger charge is -2.48. The molecule has 1 fully saturated rings. The van der Waals surface area contributed by atoms with E-state index in [0.717, 1.165) is 6.42 Å². The molecule has 0 saturated carbocycles. The van der Waals surface area contributed by atoms with Crippen molar-refractivity contribution in [2.75, 3.05) is 33.4 Å². The summed E-state index contributed by atoms with van der Waals surface area (Å²) in [5.74, 6) is -0.224. The Morgan fingerprint density at radius 2 is 1.97 bits per heavy atom. The van der Waals surface area contributed by atoms with Crippen molar-refractivity contribution < 1.29 is 23.5 Å². The summed E-state index contributed by atoms with van der Waals surface area (Å²) in [6.45, 7) is 2.01. The summed E-state index contributed by atoms with van der Waals surface area (Å²) in [7, 11) is 1.52. The van der Waals surface area contributed by atoms with Gasteiger partial charge in [0.1, 0.15) is 17.7 Å². The van der Waals surface area contributed by atoms with Crippen LogP contribution in [0.15, 0.2) is 54.6 Å². The summed E-state index contributed by atoms with van der Waals surface area (Å²) in [4.78, 5) is 19.6. The van der Waals surface area contributed by atoms with Crippen molar-refractivity contribution in [3.63, 3.8) is 0 Å². The molecule has 3 atom stereocenters. The zero-order valence-corrected chi connectivity index (χ0v) is 18.8. The molecule has 1 aliphatic rings. The SMILES string of the molecule is COC1(Cl)C(CONC(=O)c2ccccc2)CCN(CCCOc2ccc(F)cc2)C1N. The van der Waals surface area contributed by atoms with E-state index in [0.29, 0.717) is 37.4 Å². The Labute approximate surface area is 192 Å². The third-order valence-electron chi connectivity index (χ3n) is 5.59. The molecule has 1 aliphatic heterocycles. The van der Waals surface area contributed by atoms with E-state index >= 15 is 0 Å². The first kappa shape index (κ1) is 24.4. The normalized spacial score (nSPS) is 23.6. The number of hydrogen-bond donors (Lipinski definition) is 2. The summed E-state index contributed by atoms with van der Waals surface area (Å²) in [6, 6.07) is 14.7. The number of benzene rings is 2. The molecule has 0 aliphatic carbocycles. The Kier molecular flexibility index (Phi) is 8.84. The van der Waals surface area contributed by atoms with Gasteiger partial charge >= 0.3 is 0 Å². The molecule has 3 N–H and O–H groups in total. The van der Waals surface area contributed by atoms with Gasteiger partial charge in [-0.25, -0.2) is 9.87 Å². The van der Waals surface area contributed by atoms with Crippen LogP contribution in [-0.2, 0) is 9.57 Å². The van der Waals surface area contributed by atoms with E-state index in [1.54, 1.807) is 36.4 Å². The lowest BCUT2D eigenvalue weighted by atomic mass is 9.91. The zero-order valence-electron chi connectivity index (χ0n) is 18.0. The van der Waals surface area contributed by atoms with Crippen LogP contribution in [0.4, 0.5) is 4.39 Å². The number of alkyl halides is 1. The molecule has 0 radical (unpaired) electrons. The van der Waals surface area contributed by atoms with Gasteiger partial charge in [0.05, 0.1) is 13.2 Å². The highest BCUT2D eigenvalue weighted by Gasteiger charge is 2.48. The molecule has 0 spiro atoms. The second kappa shape index (κ2) is 11.6. The van der Waals surface area contributed by atoms with E-state index < -0.39 is 11.2 Å². The minimum absolute atomic E-state index is 0.172. The maximum Gasteiger partial charge on any atom is 0.274 e. The van der Waals surface area contributed by atoms with Crippen molar-refractivity contribution in [1.82, 2.24) is 10.4 Å². The summed E-state index contributed by atoms with van der Waals surface area (Å²) in [6.07, 6.45) is 0.841. The Bertz CT molecular complexity index is 858. The average molecular weight is 466 g/mol. The van der Waals surface area contributed by atoms with Gasteiger partial charge in [0.25, 0.3) is 5.91 Å². The Morgan fingerprint density at radius 1 is 1.25 bits per heavy atom. The van der Waals surface area contributed by atoms with Crippen molar-refractivity contribution in [3.8, 4) is 5.75 Å². The number of nitrogens with zero attached hydrogens (tertiary/aromatic N) is 1. The molecule has 1 heterocycles. The van der Waals surface area contributed by atoms with Crippen molar-refractivity contribution in [3.05, 3.63) is 66.0 Å². The molecule has 0 bridgehead atoms. The molecule has 174 valence electrons. The number of ether oxygens (including phenoxy) is 2. The van der Waals surface area contributed by atoms with Crippen molar-refractivity contribution in [1.29, 1.82) is 0 Å². The van der Waals surface area contributed by atoms with Gasteiger partial charge in [-0.15, -0.1) is 0 Å². The van der Waals surface area contributed by atoms with E-state index in [1.807, 2.05) is 11.0 Å². The number of methoxy groups -OCH3 is 1. The van der Waals surface area contributed by atoms with Gasteiger partial charge in [-0.2, -0.15) is 0 Å². The van der Waals surface area contributed by atoms with E-state index in [9.17, 15) is 9.18 Å². The molecule has 1 amide bonds. The van der Waals surface area contributed by atoms with Crippen molar-refractivity contribution >= 4 is 17.5 Å². The van der Waals surface area contributed by atoms with Crippen LogP contribution in [0.3, 0.4) is 0 Å². The molecular formula is C23H29ClFN3O4. The first-order valence-corrected chi connectivity index (χ1v) is 10.9. The number of hydroxylamine groups is 1. The third kappa shape index (κ3) is 6.17. The number of carbonyl (C=O) groups excluding carboxylic acids is 1. The van der Waals surface area contributed by atoms with Gasteiger partial charge in [-0.05, 0) is 49.2 Å². The highest BCUT2D eigenvalue weighted by atomic mass is 35.5. The summed E-state index contributed by atoms with van der Waals surface area (Å²) in [5.41, 5.74) is 9.39. The Morgan fingerprint density at radius 3 is 2.66 bits per heavy atom. The summed E-state index contributed by atoms with van der Waals surface area (Å²) in [5, 5.41) is -1.16. The molecule has 1 saturated heterocycles. The van der Waals surface area contributed by atoms with Crippen LogP contribution in [0.2, 0.25) is 0 Å². The lowest BCUT2D eigenvalue weighted by molar-refractivity contribution is -0.115. The minimum atomic E-state index is -1.16. The van der Waals surface area contributed by atoms with Crippen LogP contribution < -0.4 is 16.0 Å². The Hall–Kier alpha value is -2.23. The number of rotatable bonds is 10. The molecular weight excluding hydrogens is 437 g/mol. The van der Waals surface area contributed by atoms with Gasteiger partial charge in [0, 0.05) is 31.7 Å². The first-order chi connectivity index (χ1) is 15.4. The van der Waals surface area contributed by atoms with Crippen LogP contribution >= 0.6 is 11.6 Å². The molecule has 3 rings (SSSR count). The molecule has 0 aromatic heterocycles. The number of amides is 1. The van der Waals surface area contributed by atoms with Gasteiger partial charge < -0.3 is 15.2 Å². The third-order valence-corrected chi connectivity index (χ3v) is 6.27. The predicted molar refractivity (Wildman–Crippen MR) is 120 cm³/mol. The number of likely N-dealkylation sites (tertiary alicyclic amines) is 1. The van der Waals surface area contributed by atoms with Crippen LogP contribution in [0.25, 0.3) is 0 Å². The first-order valence-electron chi connectivity index (χ1n) is 10.5. The number of piperidine rings is 1. The topological polar surface area (TPSA) is 86.0 Å². The fraction of sp³-hybridized carbons (Fsp3) is 0.435. The monoisotopic (exact) mass is 465 g/mol. The second-order valence-electron chi connectivity index (χ2n) is 7.63. The van der Waals surface area contributed by atoms with Crippen LogP contribution in [0.5, 0.6) is 5.75 Å². The van der Waals surface area contributed by atoms with E-state index in [4.69, 9.17) is 31.6 Å². The highest BCUT2D eigenvalue weighted by molar-refractivity contribution is 6.23. The highest BCUT2D eigenvalue weighted by Crippen LogP contribution is 2.37. The predicted octanol–water partition coefficient (Wildman–Crippen LogP) is 3.14. The van der Waals surface area contributed by atoms with E-state index in [1.165, 1.54) is 19.2 Å². The summed E-state index contributed by atoms with van der Waals surface area (Å²) < 4.78 is 24.2. The molecule has 3 unspecified atom stereocenters. The standard InChI is InChI=1S/C23H29ClFN3O4/c1-30-23(24)18(16-32-27-21(29)17-6-3-2-4-7-17)12-14-28(22(23)26)13-5-15-31-20-10-8-19(25)9-11-20/h2-4,6-11,18,22H,5,12-16,26H2,1H3,(H,27,29). The van der Waals surface area contributed by atoms with Gasteiger partial charge in [-0.1, -0.05) is 29.8 Å². The molecule has 7 nitrogen and oxygen atoms in total. The van der Waals surface area contributed by atoms with Gasteiger partial charge in [0.15, 0.2) is 5.06 Å². The largest absolute Gasteiger partial charge is 0.494 e. The number of carbonyl (C=O) groups is 1. The number of halogens is 2. The molecule has 32 heavy (non-hydrogen) atoms. The quantitative estimate of drug-likeness (QED) is 0.318. The number of hydrogen-bond acceptors (Lipinski definition) is 6. The van der Waals surface area contributed by atoms with E-state index in [-0.39, 0.29) is 24.2 Å². The second-order valence-corrected chi connectivity index (χ2v) is 8.22.